The number of halogens is 2. The van der Waals surface area contributed by atoms with Gasteiger partial charge in [0.2, 0.25) is 0 Å². The van der Waals surface area contributed by atoms with Crippen LogP contribution in [-0.4, -0.2) is 26.3 Å². The molecule has 1 fully saturated rings. The van der Waals surface area contributed by atoms with Crippen molar-refractivity contribution in [1.82, 2.24) is 5.32 Å². The van der Waals surface area contributed by atoms with Crippen molar-refractivity contribution in [3.8, 4) is 11.5 Å². The molecule has 0 saturated carbocycles. The summed E-state index contributed by atoms with van der Waals surface area (Å²) in [5.41, 5.74) is 0. The Morgan fingerprint density at radius 2 is 1.94 bits per heavy atom. The van der Waals surface area contributed by atoms with Gasteiger partial charge in [0, 0.05) is 12.1 Å². The van der Waals surface area contributed by atoms with Crippen molar-refractivity contribution >= 4 is 0 Å². The van der Waals surface area contributed by atoms with Crippen LogP contribution in [0, 0.1) is 11.6 Å². The molecule has 0 spiro atoms. The van der Waals surface area contributed by atoms with E-state index >= 15 is 0 Å². The maximum atomic E-state index is 13.4. The van der Waals surface area contributed by atoms with Gasteiger partial charge in [0.1, 0.15) is 11.9 Å². The lowest BCUT2D eigenvalue weighted by Gasteiger charge is -2.24. The van der Waals surface area contributed by atoms with Crippen LogP contribution < -0.4 is 14.8 Å². The van der Waals surface area contributed by atoms with Gasteiger partial charge < -0.3 is 14.8 Å². The maximum absolute atomic E-state index is 13.4. The van der Waals surface area contributed by atoms with Crippen LogP contribution in [-0.2, 0) is 0 Å². The Bertz CT molecular complexity index is 392. The molecule has 0 aliphatic carbocycles. The lowest BCUT2D eigenvalue weighted by Crippen LogP contribution is -2.34. The molecule has 2 rings (SSSR count). The minimum atomic E-state index is -0.739. The SMILES string of the molecule is COc1c(F)cc(F)cc1OC1CCNCC1. The Labute approximate surface area is 98.7 Å². The van der Waals surface area contributed by atoms with E-state index in [9.17, 15) is 8.78 Å². The fourth-order valence-corrected chi connectivity index (χ4v) is 1.92. The Kier molecular flexibility index (Phi) is 3.78. The van der Waals surface area contributed by atoms with Crippen molar-refractivity contribution in [2.24, 2.45) is 0 Å². The van der Waals surface area contributed by atoms with Gasteiger partial charge in [0.05, 0.1) is 7.11 Å². The summed E-state index contributed by atoms with van der Waals surface area (Å²) in [7, 11) is 1.34. The number of ether oxygens (including phenoxy) is 2. The average molecular weight is 243 g/mol. The zero-order chi connectivity index (χ0) is 12.3. The maximum Gasteiger partial charge on any atom is 0.197 e. The molecule has 1 aliphatic heterocycles. The number of rotatable bonds is 3. The van der Waals surface area contributed by atoms with Crippen molar-refractivity contribution in [3.63, 3.8) is 0 Å². The van der Waals surface area contributed by atoms with Crippen molar-refractivity contribution < 1.29 is 18.3 Å². The van der Waals surface area contributed by atoms with Gasteiger partial charge in [-0.2, -0.15) is 0 Å². The third kappa shape index (κ3) is 2.85. The number of benzene rings is 1. The van der Waals surface area contributed by atoms with Gasteiger partial charge in [0.15, 0.2) is 17.3 Å². The molecule has 0 radical (unpaired) electrons. The van der Waals surface area contributed by atoms with E-state index in [-0.39, 0.29) is 17.6 Å². The molecule has 94 valence electrons. The number of methoxy groups -OCH3 is 1. The first-order valence-corrected chi connectivity index (χ1v) is 5.61. The smallest absolute Gasteiger partial charge is 0.197 e. The molecule has 1 N–H and O–H groups in total. The Morgan fingerprint density at radius 1 is 1.24 bits per heavy atom. The molecule has 1 heterocycles. The summed E-state index contributed by atoms with van der Waals surface area (Å²) in [6.45, 7) is 1.70. The van der Waals surface area contributed by atoms with Gasteiger partial charge in [-0.25, -0.2) is 8.78 Å². The molecule has 17 heavy (non-hydrogen) atoms. The van der Waals surface area contributed by atoms with Crippen molar-refractivity contribution in [2.75, 3.05) is 20.2 Å². The van der Waals surface area contributed by atoms with Gasteiger partial charge in [-0.15, -0.1) is 0 Å². The predicted octanol–water partition coefficient (Wildman–Crippen LogP) is 2.10. The molecule has 0 atom stereocenters. The molecular formula is C12H15F2NO2. The molecule has 1 aromatic rings. The van der Waals surface area contributed by atoms with Gasteiger partial charge in [0.25, 0.3) is 0 Å². The second-order valence-electron chi connectivity index (χ2n) is 3.99. The highest BCUT2D eigenvalue weighted by atomic mass is 19.1. The van der Waals surface area contributed by atoms with Crippen LogP contribution in [0.2, 0.25) is 0 Å². The van der Waals surface area contributed by atoms with Crippen LogP contribution in [0.1, 0.15) is 12.8 Å². The highest BCUT2D eigenvalue weighted by molar-refractivity contribution is 5.41. The number of hydrogen-bond acceptors (Lipinski definition) is 3. The number of hydrogen-bond donors (Lipinski definition) is 1. The van der Waals surface area contributed by atoms with E-state index in [0.717, 1.165) is 38.1 Å². The fourth-order valence-electron chi connectivity index (χ4n) is 1.92. The summed E-state index contributed by atoms with van der Waals surface area (Å²) in [5, 5.41) is 3.19. The first kappa shape index (κ1) is 12.1. The standard InChI is InChI=1S/C12H15F2NO2/c1-16-12-10(14)6-8(13)7-11(12)17-9-2-4-15-5-3-9/h6-7,9,15H,2-5H2,1H3. The van der Waals surface area contributed by atoms with E-state index in [1.807, 2.05) is 0 Å². The van der Waals surface area contributed by atoms with E-state index in [2.05, 4.69) is 5.32 Å². The molecule has 1 saturated heterocycles. The number of nitrogens with one attached hydrogen (secondary N) is 1. The van der Waals surface area contributed by atoms with Crippen molar-refractivity contribution in [1.29, 1.82) is 0 Å². The topological polar surface area (TPSA) is 30.5 Å². The van der Waals surface area contributed by atoms with Crippen molar-refractivity contribution in [2.45, 2.75) is 18.9 Å². The second kappa shape index (κ2) is 5.31. The van der Waals surface area contributed by atoms with E-state index in [1.54, 1.807) is 0 Å². The van der Waals surface area contributed by atoms with Crippen LogP contribution in [0.25, 0.3) is 0 Å². The fraction of sp³-hybridized carbons (Fsp3) is 0.500. The van der Waals surface area contributed by atoms with Crippen LogP contribution in [0.5, 0.6) is 11.5 Å². The van der Waals surface area contributed by atoms with Crippen LogP contribution >= 0.6 is 0 Å². The zero-order valence-electron chi connectivity index (χ0n) is 9.63. The quantitative estimate of drug-likeness (QED) is 0.882. The Balaban J connectivity index is 2.18. The Hall–Kier alpha value is -1.36. The third-order valence-electron chi connectivity index (χ3n) is 2.76. The van der Waals surface area contributed by atoms with E-state index in [4.69, 9.17) is 9.47 Å². The van der Waals surface area contributed by atoms with Crippen molar-refractivity contribution in [3.05, 3.63) is 23.8 Å². The van der Waals surface area contributed by atoms with Crippen LogP contribution in [0.15, 0.2) is 12.1 Å². The van der Waals surface area contributed by atoms with Gasteiger partial charge in [-0.05, 0) is 25.9 Å². The molecule has 0 amide bonds. The minimum absolute atomic E-state index is 0.0219. The molecule has 1 aliphatic rings. The highest BCUT2D eigenvalue weighted by Crippen LogP contribution is 2.32. The normalized spacial score (nSPS) is 16.9. The largest absolute Gasteiger partial charge is 0.490 e. The summed E-state index contributed by atoms with van der Waals surface area (Å²) >= 11 is 0. The Morgan fingerprint density at radius 3 is 2.59 bits per heavy atom. The average Bonchev–Trinajstić information content (AvgIpc) is 2.30. The van der Waals surface area contributed by atoms with Crippen LogP contribution in [0.3, 0.4) is 0 Å². The predicted molar refractivity (Wildman–Crippen MR) is 59.4 cm³/mol. The zero-order valence-corrected chi connectivity index (χ0v) is 9.63. The van der Waals surface area contributed by atoms with Gasteiger partial charge >= 0.3 is 0 Å². The molecule has 0 aromatic heterocycles. The summed E-state index contributed by atoms with van der Waals surface area (Å²) in [4.78, 5) is 0. The third-order valence-corrected chi connectivity index (χ3v) is 2.76. The first-order chi connectivity index (χ1) is 8.20. The molecule has 5 heteroatoms. The second-order valence-corrected chi connectivity index (χ2v) is 3.99. The molecule has 0 bridgehead atoms. The molecule has 1 aromatic carbocycles. The lowest BCUT2D eigenvalue weighted by atomic mass is 10.1. The van der Waals surface area contributed by atoms with E-state index in [1.165, 1.54) is 7.11 Å². The minimum Gasteiger partial charge on any atom is -0.490 e. The van der Waals surface area contributed by atoms with E-state index < -0.39 is 11.6 Å². The monoisotopic (exact) mass is 243 g/mol. The lowest BCUT2D eigenvalue weighted by molar-refractivity contribution is 0.154. The summed E-state index contributed by atoms with van der Waals surface area (Å²) in [6, 6.07) is 1.94. The van der Waals surface area contributed by atoms with Gasteiger partial charge in [-0.3, -0.25) is 0 Å². The van der Waals surface area contributed by atoms with Gasteiger partial charge in [-0.1, -0.05) is 0 Å². The molecular weight excluding hydrogens is 228 g/mol. The first-order valence-electron chi connectivity index (χ1n) is 5.61. The number of piperidine rings is 1. The van der Waals surface area contributed by atoms with Crippen LogP contribution in [0.4, 0.5) is 8.78 Å². The highest BCUT2D eigenvalue weighted by Gasteiger charge is 2.19. The molecule has 3 nitrogen and oxygen atoms in total. The summed E-state index contributed by atoms with van der Waals surface area (Å²) in [5.74, 6) is -1.30. The van der Waals surface area contributed by atoms with E-state index in [0.29, 0.717) is 0 Å². The summed E-state index contributed by atoms with van der Waals surface area (Å²) < 4.78 is 37.0. The summed E-state index contributed by atoms with van der Waals surface area (Å²) in [6.07, 6.45) is 1.62. The molecule has 0 unspecified atom stereocenters.